The van der Waals surface area contributed by atoms with Crippen LogP contribution < -0.4 is 10.5 Å². The summed E-state index contributed by atoms with van der Waals surface area (Å²) in [5.74, 6) is 0.794. The van der Waals surface area contributed by atoms with Crippen molar-refractivity contribution >= 4 is 0 Å². The molecule has 0 amide bonds. The van der Waals surface area contributed by atoms with Crippen LogP contribution in [-0.2, 0) is 6.42 Å². The molecule has 0 fully saturated rings. The molecule has 2 atom stereocenters. The summed E-state index contributed by atoms with van der Waals surface area (Å²) in [6.07, 6.45) is 0.490. The molecule has 0 saturated heterocycles. The zero-order valence-electron chi connectivity index (χ0n) is 12.6. The Hall–Kier alpha value is -1.84. The van der Waals surface area contributed by atoms with Gasteiger partial charge in [-0.25, -0.2) is 0 Å². The van der Waals surface area contributed by atoms with E-state index in [1.54, 1.807) is 0 Å². The first-order valence-electron chi connectivity index (χ1n) is 7.29. The van der Waals surface area contributed by atoms with Crippen LogP contribution in [-0.4, -0.2) is 17.8 Å². The smallest absolute Gasteiger partial charge is 0.139 e. The SMILES string of the molecule is Cc1ccccc1C(Oc1ccc(CCO)cc1)C(C)N. The van der Waals surface area contributed by atoms with Crippen LogP contribution in [0.1, 0.15) is 29.7 Å². The summed E-state index contributed by atoms with van der Waals surface area (Å²) in [6.45, 7) is 4.18. The maximum atomic E-state index is 8.94. The number of aryl methyl sites for hydroxylation is 1. The van der Waals surface area contributed by atoms with Crippen LogP contribution in [0, 0.1) is 6.92 Å². The number of nitrogens with two attached hydrogens (primary N) is 1. The monoisotopic (exact) mass is 285 g/mol. The minimum Gasteiger partial charge on any atom is -0.484 e. The van der Waals surface area contributed by atoms with E-state index in [0.29, 0.717) is 6.42 Å². The molecule has 2 rings (SSSR count). The van der Waals surface area contributed by atoms with E-state index >= 15 is 0 Å². The van der Waals surface area contributed by atoms with Gasteiger partial charge in [-0.05, 0) is 49.1 Å². The van der Waals surface area contributed by atoms with Gasteiger partial charge in [-0.3, -0.25) is 0 Å². The van der Waals surface area contributed by atoms with Gasteiger partial charge >= 0.3 is 0 Å². The second-order valence-electron chi connectivity index (χ2n) is 5.37. The van der Waals surface area contributed by atoms with Gasteiger partial charge in [0.05, 0.1) is 0 Å². The lowest BCUT2D eigenvalue weighted by Gasteiger charge is -2.24. The van der Waals surface area contributed by atoms with E-state index in [1.165, 1.54) is 5.56 Å². The number of aliphatic hydroxyl groups excluding tert-OH is 1. The maximum absolute atomic E-state index is 8.94. The van der Waals surface area contributed by atoms with Gasteiger partial charge in [0.25, 0.3) is 0 Å². The number of hydrogen-bond donors (Lipinski definition) is 2. The van der Waals surface area contributed by atoms with Crippen molar-refractivity contribution in [2.24, 2.45) is 5.73 Å². The summed E-state index contributed by atoms with van der Waals surface area (Å²) in [5.41, 5.74) is 9.50. The molecule has 0 heterocycles. The molecule has 0 spiro atoms. The summed E-state index contributed by atoms with van der Waals surface area (Å²) in [7, 11) is 0. The van der Waals surface area contributed by atoms with Crippen molar-refractivity contribution in [1.29, 1.82) is 0 Å². The van der Waals surface area contributed by atoms with Crippen LogP contribution in [0.2, 0.25) is 0 Å². The first-order chi connectivity index (χ1) is 10.1. The predicted molar refractivity (Wildman–Crippen MR) is 85.4 cm³/mol. The molecule has 0 bridgehead atoms. The molecule has 2 unspecified atom stereocenters. The largest absolute Gasteiger partial charge is 0.484 e. The Balaban J connectivity index is 2.19. The van der Waals surface area contributed by atoms with Gasteiger partial charge in [0.2, 0.25) is 0 Å². The summed E-state index contributed by atoms with van der Waals surface area (Å²) < 4.78 is 6.09. The zero-order chi connectivity index (χ0) is 15.2. The molecule has 3 heteroatoms. The first-order valence-corrected chi connectivity index (χ1v) is 7.29. The van der Waals surface area contributed by atoms with Crippen molar-refractivity contribution < 1.29 is 9.84 Å². The van der Waals surface area contributed by atoms with E-state index in [2.05, 4.69) is 19.1 Å². The highest BCUT2D eigenvalue weighted by Crippen LogP contribution is 2.26. The van der Waals surface area contributed by atoms with Gasteiger partial charge in [-0.2, -0.15) is 0 Å². The Kier molecular flexibility index (Phi) is 5.37. The van der Waals surface area contributed by atoms with E-state index in [0.717, 1.165) is 16.9 Å². The Morgan fingerprint density at radius 3 is 2.33 bits per heavy atom. The lowest BCUT2D eigenvalue weighted by atomic mass is 9.99. The third-order valence-electron chi connectivity index (χ3n) is 3.56. The Morgan fingerprint density at radius 2 is 1.76 bits per heavy atom. The highest BCUT2D eigenvalue weighted by Gasteiger charge is 2.19. The molecular formula is C18H23NO2. The fourth-order valence-corrected chi connectivity index (χ4v) is 2.37. The molecule has 0 saturated carbocycles. The molecule has 0 aliphatic carbocycles. The molecule has 112 valence electrons. The van der Waals surface area contributed by atoms with Gasteiger partial charge in [0, 0.05) is 12.6 Å². The Bertz CT molecular complexity index is 564. The second-order valence-corrected chi connectivity index (χ2v) is 5.37. The minimum atomic E-state index is -0.171. The van der Waals surface area contributed by atoms with Gasteiger partial charge in [-0.15, -0.1) is 0 Å². The van der Waals surface area contributed by atoms with Gasteiger partial charge in [-0.1, -0.05) is 36.4 Å². The minimum absolute atomic E-state index is 0.108. The van der Waals surface area contributed by atoms with E-state index < -0.39 is 0 Å². The summed E-state index contributed by atoms with van der Waals surface area (Å²) in [6, 6.07) is 15.8. The normalized spacial score (nSPS) is 13.7. The molecular weight excluding hydrogens is 262 g/mol. The predicted octanol–water partition coefficient (Wildman–Crippen LogP) is 3.00. The van der Waals surface area contributed by atoms with Gasteiger partial charge in [0.15, 0.2) is 0 Å². The quantitative estimate of drug-likeness (QED) is 0.858. The molecule has 0 aliphatic rings. The molecule has 2 aromatic carbocycles. The topological polar surface area (TPSA) is 55.5 Å². The fraction of sp³-hybridized carbons (Fsp3) is 0.333. The highest BCUT2D eigenvalue weighted by molar-refractivity contribution is 5.32. The summed E-state index contributed by atoms with van der Waals surface area (Å²) in [4.78, 5) is 0. The zero-order valence-corrected chi connectivity index (χ0v) is 12.6. The van der Waals surface area contributed by atoms with Crippen molar-refractivity contribution in [1.82, 2.24) is 0 Å². The van der Waals surface area contributed by atoms with Crippen molar-refractivity contribution in [2.75, 3.05) is 6.61 Å². The standard InChI is InChI=1S/C18H23NO2/c1-13-5-3-4-6-17(13)18(14(2)19)21-16-9-7-15(8-10-16)11-12-20/h3-10,14,18,20H,11-12,19H2,1-2H3. The number of aliphatic hydroxyl groups is 1. The Labute approximate surface area is 126 Å². The lowest BCUT2D eigenvalue weighted by Crippen LogP contribution is -2.29. The molecule has 0 radical (unpaired) electrons. The van der Waals surface area contributed by atoms with Crippen LogP contribution >= 0.6 is 0 Å². The van der Waals surface area contributed by atoms with Gasteiger partial charge in [0.1, 0.15) is 11.9 Å². The molecule has 2 aromatic rings. The molecule has 21 heavy (non-hydrogen) atoms. The number of benzene rings is 2. The fourth-order valence-electron chi connectivity index (χ4n) is 2.37. The number of rotatable bonds is 6. The van der Waals surface area contributed by atoms with Crippen LogP contribution in [0.4, 0.5) is 0 Å². The van der Waals surface area contributed by atoms with Crippen molar-refractivity contribution in [3.8, 4) is 5.75 Å². The molecule has 3 N–H and O–H groups in total. The Morgan fingerprint density at radius 1 is 1.10 bits per heavy atom. The van der Waals surface area contributed by atoms with Gasteiger partial charge < -0.3 is 15.6 Å². The van der Waals surface area contributed by atoms with Crippen molar-refractivity contribution in [3.63, 3.8) is 0 Å². The van der Waals surface area contributed by atoms with Crippen LogP contribution in [0.5, 0.6) is 5.75 Å². The van der Waals surface area contributed by atoms with Crippen LogP contribution in [0.15, 0.2) is 48.5 Å². The van der Waals surface area contributed by atoms with E-state index in [9.17, 15) is 0 Å². The average Bonchev–Trinajstić information content (AvgIpc) is 2.47. The average molecular weight is 285 g/mol. The third kappa shape index (κ3) is 4.06. The van der Waals surface area contributed by atoms with E-state index in [-0.39, 0.29) is 18.8 Å². The van der Waals surface area contributed by atoms with Crippen molar-refractivity contribution in [2.45, 2.75) is 32.4 Å². The third-order valence-corrected chi connectivity index (χ3v) is 3.56. The van der Waals surface area contributed by atoms with E-state index in [4.69, 9.17) is 15.6 Å². The summed E-state index contributed by atoms with van der Waals surface area (Å²) >= 11 is 0. The highest BCUT2D eigenvalue weighted by atomic mass is 16.5. The number of hydrogen-bond acceptors (Lipinski definition) is 3. The summed E-state index contributed by atoms with van der Waals surface area (Å²) in [5, 5.41) is 8.94. The maximum Gasteiger partial charge on any atom is 0.139 e. The second kappa shape index (κ2) is 7.25. The first kappa shape index (κ1) is 15.5. The molecule has 0 aromatic heterocycles. The van der Waals surface area contributed by atoms with E-state index in [1.807, 2.05) is 43.3 Å². The van der Waals surface area contributed by atoms with Crippen molar-refractivity contribution in [3.05, 3.63) is 65.2 Å². The molecule has 3 nitrogen and oxygen atoms in total. The molecule has 0 aliphatic heterocycles. The van der Waals surface area contributed by atoms with Crippen LogP contribution in [0.25, 0.3) is 0 Å². The lowest BCUT2D eigenvalue weighted by molar-refractivity contribution is 0.179. The number of ether oxygens (including phenoxy) is 1. The van der Waals surface area contributed by atoms with Crippen LogP contribution in [0.3, 0.4) is 0 Å².